The molecule has 0 aromatic heterocycles. The lowest BCUT2D eigenvalue weighted by Crippen LogP contribution is -2.50. The minimum atomic E-state index is -3.97. The van der Waals surface area contributed by atoms with Crippen LogP contribution in [0.4, 0.5) is 4.79 Å². The van der Waals surface area contributed by atoms with E-state index in [4.69, 9.17) is 24.2 Å². The van der Waals surface area contributed by atoms with Gasteiger partial charge in [0.25, 0.3) is 0 Å². The molecule has 1 N–H and O–H groups in total. The summed E-state index contributed by atoms with van der Waals surface area (Å²) in [6, 6.07) is 13.0. The Morgan fingerprint density at radius 2 is 1.83 bits per heavy atom. The van der Waals surface area contributed by atoms with Gasteiger partial charge in [-0.05, 0) is 68.9 Å². The fraction of sp³-hybridized carbons (Fsp3) is 0.517. The van der Waals surface area contributed by atoms with Gasteiger partial charge in [0.05, 0.1) is 17.0 Å². The van der Waals surface area contributed by atoms with E-state index >= 15 is 0 Å². The summed E-state index contributed by atoms with van der Waals surface area (Å²) in [5.74, 6) is 1.61. The van der Waals surface area contributed by atoms with Crippen LogP contribution in [0.3, 0.4) is 0 Å². The van der Waals surface area contributed by atoms with E-state index in [1.165, 1.54) is 21.3 Å². The average molecular weight is 586 g/mol. The minimum Gasteiger partial charge on any atom is -0.479 e. The predicted octanol–water partition coefficient (Wildman–Crippen LogP) is 4.22. The number of amides is 1. The molecule has 2 aromatic rings. The molecule has 2 heterocycles. The normalized spacial score (nSPS) is 21.8. The molecule has 3 aliphatic rings. The summed E-state index contributed by atoms with van der Waals surface area (Å²) in [7, 11) is -3.97. The first-order valence-electron chi connectivity index (χ1n) is 13.8. The molecule has 1 aliphatic carbocycles. The summed E-state index contributed by atoms with van der Waals surface area (Å²) < 4.78 is 52.1. The van der Waals surface area contributed by atoms with Gasteiger partial charge in [0, 0.05) is 19.2 Å². The molecule has 1 saturated carbocycles. The third-order valence-corrected chi connectivity index (χ3v) is 9.79. The van der Waals surface area contributed by atoms with Gasteiger partial charge < -0.3 is 24.1 Å². The number of carbonyl (C=O) groups is 1. The number of carboxylic acid groups (broad SMARTS) is 1. The largest absolute Gasteiger partial charge is 0.479 e. The lowest BCUT2D eigenvalue weighted by Gasteiger charge is -2.31. The Hall–Kier alpha value is -3.53. The van der Waals surface area contributed by atoms with Crippen molar-refractivity contribution < 1.29 is 37.3 Å². The molecular formula is C29H35N3O8S. The van der Waals surface area contributed by atoms with Gasteiger partial charge in [0.1, 0.15) is 17.5 Å². The van der Waals surface area contributed by atoms with E-state index in [1.54, 1.807) is 32.0 Å². The summed E-state index contributed by atoms with van der Waals surface area (Å²) >= 11 is 0. The third-order valence-electron chi connectivity index (χ3n) is 7.96. The zero-order valence-electron chi connectivity index (χ0n) is 23.2. The van der Waals surface area contributed by atoms with Crippen molar-refractivity contribution in [2.75, 3.05) is 26.5 Å². The second kappa shape index (κ2) is 11.8. The Morgan fingerprint density at radius 1 is 1.12 bits per heavy atom. The number of ether oxygens (including phenoxy) is 4. The van der Waals surface area contributed by atoms with Crippen molar-refractivity contribution in [3.63, 3.8) is 0 Å². The zero-order chi connectivity index (χ0) is 29.2. The van der Waals surface area contributed by atoms with E-state index < -0.39 is 34.0 Å². The summed E-state index contributed by atoms with van der Waals surface area (Å²) in [5, 5.41) is 18.9. The molecule has 0 unspecified atom stereocenters. The standard InChI is InChI=1S/C29H35N3O8S/c1-29(2)32(28(33)34)24(15-20-7-9-22(10-8-20)37-14-13-30)27(40-29)18-31(17-21-5-3-4-6-21)41(35,36)23-11-12-25-26(16-23)39-19-38-25/h7-12,16,21,24,27H,3-6,14-15,17-19H2,1-2H3,(H,33,34)/t24-,27+/m0/s1. The monoisotopic (exact) mass is 585 g/mol. The van der Waals surface area contributed by atoms with Crippen LogP contribution in [-0.2, 0) is 21.2 Å². The summed E-state index contributed by atoms with van der Waals surface area (Å²) in [5.41, 5.74) is -0.337. The molecule has 2 aromatic carbocycles. The van der Waals surface area contributed by atoms with Gasteiger partial charge in [0.2, 0.25) is 16.8 Å². The Bertz CT molecular complexity index is 1400. The minimum absolute atomic E-state index is 0.00544. The molecule has 220 valence electrons. The van der Waals surface area contributed by atoms with E-state index in [2.05, 4.69) is 0 Å². The van der Waals surface area contributed by atoms with Crippen LogP contribution in [0.25, 0.3) is 0 Å². The highest BCUT2D eigenvalue weighted by Gasteiger charge is 2.51. The highest BCUT2D eigenvalue weighted by molar-refractivity contribution is 7.89. The zero-order valence-corrected chi connectivity index (χ0v) is 24.0. The van der Waals surface area contributed by atoms with Gasteiger partial charge in [0.15, 0.2) is 18.1 Å². The molecule has 0 spiro atoms. The van der Waals surface area contributed by atoms with E-state index in [-0.39, 0.29) is 30.8 Å². The molecular weight excluding hydrogens is 550 g/mol. The van der Waals surface area contributed by atoms with Crippen molar-refractivity contribution in [3.05, 3.63) is 48.0 Å². The van der Waals surface area contributed by atoms with Gasteiger partial charge >= 0.3 is 6.09 Å². The number of sulfonamides is 1. The Labute approximate surface area is 240 Å². The fourth-order valence-electron chi connectivity index (χ4n) is 6.04. The van der Waals surface area contributed by atoms with Crippen LogP contribution in [0.2, 0.25) is 0 Å². The Kier molecular flexibility index (Phi) is 8.31. The molecule has 2 aliphatic heterocycles. The topological polar surface area (TPSA) is 139 Å². The Morgan fingerprint density at radius 3 is 2.51 bits per heavy atom. The molecule has 41 heavy (non-hydrogen) atoms. The molecule has 0 radical (unpaired) electrons. The van der Waals surface area contributed by atoms with Crippen molar-refractivity contribution in [2.45, 2.75) is 68.7 Å². The lowest BCUT2D eigenvalue weighted by molar-refractivity contribution is -0.0691. The van der Waals surface area contributed by atoms with Crippen molar-refractivity contribution in [1.82, 2.24) is 9.21 Å². The molecule has 0 bridgehead atoms. The lowest BCUT2D eigenvalue weighted by atomic mass is 9.99. The summed E-state index contributed by atoms with van der Waals surface area (Å²) in [4.78, 5) is 13.8. The smallest absolute Gasteiger partial charge is 0.409 e. The SMILES string of the molecule is CC1(C)O[C@H](CN(CC2CCCC2)S(=O)(=O)c2ccc3c(c2)OCO3)[C@H](Cc2ccc(OCC#N)cc2)N1C(=O)O. The van der Waals surface area contributed by atoms with Gasteiger partial charge in [-0.3, -0.25) is 4.90 Å². The van der Waals surface area contributed by atoms with Gasteiger partial charge in [-0.1, -0.05) is 25.0 Å². The van der Waals surface area contributed by atoms with Crippen LogP contribution in [-0.4, -0.2) is 73.2 Å². The van der Waals surface area contributed by atoms with Crippen molar-refractivity contribution in [2.24, 2.45) is 5.92 Å². The molecule has 5 rings (SSSR count). The molecule has 12 heteroatoms. The maximum absolute atomic E-state index is 14.1. The highest BCUT2D eigenvalue weighted by atomic mass is 32.2. The fourth-order valence-corrected chi connectivity index (χ4v) is 7.59. The van der Waals surface area contributed by atoms with Crippen LogP contribution in [0.1, 0.15) is 45.1 Å². The van der Waals surface area contributed by atoms with Crippen LogP contribution in [0.15, 0.2) is 47.4 Å². The first kappa shape index (κ1) is 29.0. The number of fused-ring (bicyclic) bond motifs is 1. The van der Waals surface area contributed by atoms with E-state index in [0.717, 1.165) is 31.2 Å². The first-order chi connectivity index (χ1) is 19.6. The molecule has 1 saturated heterocycles. The number of benzene rings is 2. The number of nitrogens with zero attached hydrogens (tertiary/aromatic N) is 3. The number of hydrogen-bond donors (Lipinski definition) is 1. The maximum atomic E-state index is 14.1. The molecule has 11 nitrogen and oxygen atoms in total. The summed E-state index contributed by atoms with van der Waals surface area (Å²) in [6.45, 7) is 3.64. The van der Waals surface area contributed by atoms with Gasteiger partial charge in [-0.15, -0.1) is 0 Å². The van der Waals surface area contributed by atoms with Gasteiger partial charge in [-0.25, -0.2) is 13.2 Å². The van der Waals surface area contributed by atoms with E-state index in [9.17, 15) is 18.3 Å². The number of nitriles is 1. The molecule has 2 fully saturated rings. The first-order valence-corrected chi connectivity index (χ1v) is 15.2. The van der Waals surface area contributed by atoms with Crippen LogP contribution >= 0.6 is 0 Å². The third kappa shape index (κ3) is 6.22. The van der Waals surface area contributed by atoms with Crippen LogP contribution < -0.4 is 14.2 Å². The molecule has 2 atom stereocenters. The Balaban J connectivity index is 1.44. The number of hydrogen-bond acceptors (Lipinski definition) is 8. The van der Waals surface area contributed by atoms with E-state index in [1.807, 2.05) is 18.2 Å². The highest BCUT2D eigenvalue weighted by Crippen LogP contribution is 2.38. The quantitative estimate of drug-likeness (QED) is 0.434. The van der Waals surface area contributed by atoms with Crippen LogP contribution in [0.5, 0.6) is 17.2 Å². The second-order valence-corrected chi connectivity index (χ2v) is 13.0. The molecule has 1 amide bonds. The van der Waals surface area contributed by atoms with Crippen molar-refractivity contribution in [3.8, 4) is 23.3 Å². The second-order valence-electron chi connectivity index (χ2n) is 11.1. The maximum Gasteiger partial charge on any atom is 0.409 e. The average Bonchev–Trinajstić information content (AvgIpc) is 3.67. The van der Waals surface area contributed by atoms with Crippen molar-refractivity contribution in [1.29, 1.82) is 5.26 Å². The number of rotatable bonds is 10. The summed E-state index contributed by atoms with van der Waals surface area (Å²) in [6.07, 6.45) is 2.43. The van der Waals surface area contributed by atoms with Crippen LogP contribution in [0, 0.1) is 17.2 Å². The van der Waals surface area contributed by atoms with Gasteiger partial charge in [-0.2, -0.15) is 9.57 Å². The van der Waals surface area contributed by atoms with E-state index in [0.29, 0.717) is 30.2 Å². The van der Waals surface area contributed by atoms with Crippen molar-refractivity contribution >= 4 is 16.1 Å². The predicted molar refractivity (Wildman–Crippen MR) is 147 cm³/mol.